The van der Waals surface area contributed by atoms with Crippen molar-refractivity contribution in [2.45, 2.75) is 124 Å². The normalized spacial score (nSPS) is 11.5. The summed E-state index contributed by atoms with van der Waals surface area (Å²) in [7, 11) is 0. The van der Waals surface area contributed by atoms with Crippen molar-refractivity contribution in [1.82, 2.24) is 0 Å². The van der Waals surface area contributed by atoms with Crippen molar-refractivity contribution in [3.8, 4) is 5.75 Å². The van der Waals surface area contributed by atoms with Gasteiger partial charge < -0.3 is 10.1 Å². The average Bonchev–Trinajstić information content (AvgIpc) is 3.35. The van der Waals surface area contributed by atoms with Gasteiger partial charge in [0, 0.05) is 11.3 Å². The van der Waals surface area contributed by atoms with E-state index in [1.165, 1.54) is 81.1 Å². The highest BCUT2D eigenvalue weighted by atomic mass is 32.1. The summed E-state index contributed by atoms with van der Waals surface area (Å²) >= 11 is 1.74. The summed E-state index contributed by atoms with van der Waals surface area (Å²) in [5.41, 5.74) is 5.81. The molecule has 0 fully saturated rings. The second-order valence-electron chi connectivity index (χ2n) is 12.5. The molecule has 3 rings (SSSR count). The Labute approximate surface area is 253 Å². The molecule has 0 spiro atoms. The number of benzene rings is 2. The SMILES string of the molecule is CCCCCCCCCCCCCCOc1cc(C(C)(C)C)ccc1C(=O)Nc1cccc(C[n+]2csc(C)c2)c1. The Balaban J connectivity index is 1.50. The molecule has 0 aliphatic heterocycles. The fourth-order valence-corrected chi connectivity index (χ4v) is 5.74. The van der Waals surface area contributed by atoms with Crippen molar-refractivity contribution < 1.29 is 14.1 Å². The van der Waals surface area contributed by atoms with E-state index in [0.29, 0.717) is 17.9 Å². The largest absolute Gasteiger partial charge is 0.493 e. The number of hydrogen-bond donors (Lipinski definition) is 1. The molecule has 0 aliphatic rings. The Morgan fingerprint density at radius 3 is 2.15 bits per heavy atom. The zero-order valence-corrected chi connectivity index (χ0v) is 27.1. The summed E-state index contributed by atoms with van der Waals surface area (Å²) in [5.74, 6) is 0.546. The summed E-state index contributed by atoms with van der Waals surface area (Å²) in [6.07, 6.45) is 17.9. The number of nitrogens with zero attached hydrogens (tertiary/aromatic N) is 1. The van der Waals surface area contributed by atoms with Crippen LogP contribution in [0.1, 0.15) is 131 Å². The van der Waals surface area contributed by atoms with E-state index in [-0.39, 0.29) is 11.3 Å². The van der Waals surface area contributed by atoms with Gasteiger partial charge in [-0.1, -0.05) is 128 Å². The topological polar surface area (TPSA) is 42.2 Å². The number of carbonyl (C=O) groups excluding carboxylic acids is 1. The van der Waals surface area contributed by atoms with Gasteiger partial charge in [-0.2, -0.15) is 4.57 Å². The van der Waals surface area contributed by atoms with E-state index in [9.17, 15) is 4.79 Å². The predicted octanol–water partition coefficient (Wildman–Crippen LogP) is 10.0. The van der Waals surface area contributed by atoms with Crippen LogP contribution in [0.4, 0.5) is 5.69 Å². The number of nitrogens with one attached hydrogen (secondary N) is 1. The summed E-state index contributed by atoms with van der Waals surface area (Å²) in [6.45, 7) is 12.4. The smallest absolute Gasteiger partial charge is 0.259 e. The summed E-state index contributed by atoms with van der Waals surface area (Å²) in [6, 6.07) is 14.1. The van der Waals surface area contributed by atoms with Crippen LogP contribution in [0, 0.1) is 6.92 Å². The number of rotatable bonds is 18. The lowest BCUT2D eigenvalue weighted by Gasteiger charge is -2.21. The maximum absolute atomic E-state index is 13.4. The number of unbranched alkanes of at least 4 members (excludes halogenated alkanes) is 11. The molecule has 1 amide bonds. The number of anilines is 1. The zero-order chi connectivity index (χ0) is 29.5. The zero-order valence-electron chi connectivity index (χ0n) is 26.3. The molecule has 5 heteroatoms. The molecule has 1 aromatic heterocycles. The number of ether oxygens (including phenoxy) is 1. The van der Waals surface area contributed by atoms with E-state index >= 15 is 0 Å². The maximum atomic E-state index is 13.4. The minimum absolute atomic E-state index is 0.0187. The summed E-state index contributed by atoms with van der Waals surface area (Å²) in [4.78, 5) is 14.7. The summed E-state index contributed by atoms with van der Waals surface area (Å²) in [5, 5.41) is 3.11. The predicted molar refractivity (Wildman–Crippen MR) is 174 cm³/mol. The van der Waals surface area contributed by atoms with Crippen LogP contribution in [0.5, 0.6) is 5.75 Å². The molecule has 0 saturated carbocycles. The lowest BCUT2D eigenvalue weighted by molar-refractivity contribution is -0.683. The molecule has 4 nitrogen and oxygen atoms in total. The molecular formula is C36H53N2O2S+. The van der Waals surface area contributed by atoms with Gasteiger partial charge in [0.15, 0.2) is 12.7 Å². The van der Waals surface area contributed by atoms with Gasteiger partial charge in [0.25, 0.3) is 5.91 Å². The van der Waals surface area contributed by atoms with Crippen molar-refractivity contribution in [3.05, 3.63) is 75.7 Å². The van der Waals surface area contributed by atoms with Gasteiger partial charge in [-0.25, -0.2) is 0 Å². The molecule has 1 heterocycles. The number of aromatic nitrogens is 1. The van der Waals surface area contributed by atoms with E-state index in [4.69, 9.17) is 4.74 Å². The number of aryl methyl sites for hydroxylation is 1. The van der Waals surface area contributed by atoms with Crippen molar-refractivity contribution in [2.75, 3.05) is 11.9 Å². The van der Waals surface area contributed by atoms with Gasteiger partial charge in [-0.3, -0.25) is 4.79 Å². The molecule has 0 aliphatic carbocycles. The average molecular weight is 578 g/mol. The highest BCUT2D eigenvalue weighted by molar-refractivity contribution is 7.09. The van der Waals surface area contributed by atoms with Crippen LogP contribution < -0.4 is 14.6 Å². The first kappa shape index (κ1) is 32.8. The van der Waals surface area contributed by atoms with Gasteiger partial charge in [0.05, 0.1) is 17.0 Å². The minimum atomic E-state index is -0.133. The Bertz CT molecular complexity index is 1190. The molecular weight excluding hydrogens is 524 g/mol. The molecule has 1 N–H and O–H groups in total. The number of carbonyl (C=O) groups is 1. The fourth-order valence-electron chi connectivity index (χ4n) is 5.11. The molecule has 0 saturated heterocycles. The third-order valence-corrected chi connectivity index (χ3v) is 8.47. The van der Waals surface area contributed by atoms with E-state index in [0.717, 1.165) is 24.2 Å². The minimum Gasteiger partial charge on any atom is -0.493 e. The van der Waals surface area contributed by atoms with Crippen molar-refractivity contribution in [2.24, 2.45) is 0 Å². The van der Waals surface area contributed by atoms with Crippen LogP contribution in [0.25, 0.3) is 0 Å². The van der Waals surface area contributed by atoms with Crippen LogP contribution in [-0.4, -0.2) is 12.5 Å². The molecule has 0 atom stereocenters. The second-order valence-corrected chi connectivity index (χ2v) is 13.6. The Kier molecular flexibility index (Phi) is 13.9. The maximum Gasteiger partial charge on any atom is 0.259 e. The van der Waals surface area contributed by atoms with Crippen LogP contribution in [0.15, 0.2) is 54.2 Å². The van der Waals surface area contributed by atoms with Crippen molar-refractivity contribution in [1.29, 1.82) is 0 Å². The van der Waals surface area contributed by atoms with Crippen molar-refractivity contribution >= 4 is 22.9 Å². The Morgan fingerprint density at radius 1 is 0.878 bits per heavy atom. The lowest BCUT2D eigenvalue weighted by Crippen LogP contribution is -2.30. The molecule has 2 aromatic carbocycles. The van der Waals surface area contributed by atoms with Crippen LogP contribution in [0.2, 0.25) is 0 Å². The highest BCUT2D eigenvalue weighted by Crippen LogP contribution is 2.30. The van der Waals surface area contributed by atoms with E-state index < -0.39 is 0 Å². The fraction of sp³-hybridized carbons (Fsp3) is 0.556. The van der Waals surface area contributed by atoms with Gasteiger partial charge in [-0.15, -0.1) is 0 Å². The lowest BCUT2D eigenvalue weighted by atomic mass is 9.86. The van der Waals surface area contributed by atoms with Gasteiger partial charge in [0.2, 0.25) is 5.51 Å². The van der Waals surface area contributed by atoms with Gasteiger partial charge in [-0.05, 0) is 48.6 Å². The molecule has 3 aromatic rings. The number of thiazole rings is 1. The van der Waals surface area contributed by atoms with Crippen LogP contribution in [0.3, 0.4) is 0 Å². The quantitative estimate of drug-likeness (QED) is 0.121. The monoisotopic (exact) mass is 577 g/mol. The first-order valence-corrected chi connectivity index (χ1v) is 16.8. The first-order chi connectivity index (χ1) is 19.8. The van der Waals surface area contributed by atoms with Crippen molar-refractivity contribution in [3.63, 3.8) is 0 Å². The number of hydrogen-bond acceptors (Lipinski definition) is 3. The Morgan fingerprint density at radius 2 is 1.54 bits per heavy atom. The molecule has 41 heavy (non-hydrogen) atoms. The van der Waals surface area contributed by atoms with Crippen LogP contribution in [-0.2, 0) is 12.0 Å². The van der Waals surface area contributed by atoms with E-state index in [1.807, 2.05) is 18.2 Å². The van der Waals surface area contributed by atoms with Crippen LogP contribution >= 0.6 is 11.3 Å². The van der Waals surface area contributed by atoms with Gasteiger partial charge in [0.1, 0.15) is 5.75 Å². The molecule has 0 bridgehead atoms. The third-order valence-electron chi connectivity index (χ3n) is 7.62. The van der Waals surface area contributed by atoms with E-state index in [2.05, 4.69) is 80.5 Å². The summed E-state index contributed by atoms with van der Waals surface area (Å²) < 4.78 is 8.44. The Hall–Kier alpha value is -2.66. The van der Waals surface area contributed by atoms with Gasteiger partial charge >= 0.3 is 0 Å². The molecule has 0 unspecified atom stereocenters. The number of amides is 1. The first-order valence-electron chi connectivity index (χ1n) is 15.9. The highest BCUT2D eigenvalue weighted by Gasteiger charge is 2.20. The third kappa shape index (κ3) is 12.0. The molecule has 0 radical (unpaired) electrons. The molecule has 224 valence electrons. The standard InChI is InChI=1S/C36H52N2O2S/c1-6-7-8-9-10-11-12-13-14-15-16-17-23-40-34-25-31(36(3,4)5)21-22-33(34)35(39)37-32-20-18-19-30(24-32)27-38-26-29(2)41-28-38/h18-22,24-26,28H,6-17,23,27H2,1-5H3/p+1. The second kappa shape index (κ2) is 17.3. The van der Waals surface area contributed by atoms with E-state index in [1.54, 1.807) is 11.3 Å².